The van der Waals surface area contributed by atoms with Gasteiger partial charge in [-0.1, -0.05) is 6.07 Å². The van der Waals surface area contributed by atoms with E-state index in [4.69, 9.17) is 4.74 Å². The SMILES string of the molecule is COc1cccc(F)c1C(C)Nc1ccc2sccc2c1. The number of nitrogens with one attached hydrogen (secondary N) is 1. The summed E-state index contributed by atoms with van der Waals surface area (Å²) < 4.78 is 20.6. The highest BCUT2D eigenvalue weighted by Gasteiger charge is 2.16. The van der Waals surface area contributed by atoms with Gasteiger partial charge in [0.25, 0.3) is 0 Å². The number of rotatable bonds is 4. The first-order valence-electron chi connectivity index (χ1n) is 6.75. The van der Waals surface area contributed by atoms with Gasteiger partial charge in [0.2, 0.25) is 0 Å². The smallest absolute Gasteiger partial charge is 0.132 e. The average molecular weight is 301 g/mol. The van der Waals surface area contributed by atoms with Crippen molar-refractivity contribution in [2.75, 3.05) is 12.4 Å². The lowest BCUT2D eigenvalue weighted by atomic mass is 10.1. The zero-order chi connectivity index (χ0) is 14.8. The first kappa shape index (κ1) is 13.9. The van der Waals surface area contributed by atoms with Gasteiger partial charge in [0.05, 0.1) is 18.7 Å². The number of methoxy groups -OCH3 is 1. The third-order valence-electron chi connectivity index (χ3n) is 3.50. The molecule has 0 radical (unpaired) electrons. The lowest BCUT2D eigenvalue weighted by Crippen LogP contribution is -2.10. The molecule has 3 aromatic rings. The van der Waals surface area contributed by atoms with Crippen LogP contribution in [0.15, 0.2) is 47.8 Å². The fourth-order valence-electron chi connectivity index (χ4n) is 2.49. The van der Waals surface area contributed by atoms with Gasteiger partial charge in [-0.3, -0.25) is 0 Å². The minimum Gasteiger partial charge on any atom is -0.496 e. The number of benzene rings is 2. The molecule has 1 aromatic heterocycles. The summed E-state index contributed by atoms with van der Waals surface area (Å²) in [5, 5.41) is 6.60. The third-order valence-corrected chi connectivity index (χ3v) is 4.40. The first-order valence-corrected chi connectivity index (χ1v) is 7.63. The molecule has 0 fully saturated rings. The molecule has 0 aliphatic carbocycles. The quantitative estimate of drug-likeness (QED) is 0.713. The molecule has 0 saturated heterocycles. The second-order valence-electron chi connectivity index (χ2n) is 4.90. The summed E-state index contributed by atoms with van der Waals surface area (Å²) in [4.78, 5) is 0. The zero-order valence-electron chi connectivity index (χ0n) is 11.9. The second-order valence-corrected chi connectivity index (χ2v) is 5.84. The molecule has 0 aliphatic heterocycles. The van der Waals surface area contributed by atoms with Crippen LogP contribution in [0.25, 0.3) is 10.1 Å². The van der Waals surface area contributed by atoms with Crippen LogP contribution in [0.3, 0.4) is 0 Å². The van der Waals surface area contributed by atoms with Crippen molar-refractivity contribution in [1.29, 1.82) is 0 Å². The van der Waals surface area contributed by atoms with Gasteiger partial charge in [-0.2, -0.15) is 0 Å². The Morgan fingerprint density at radius 3 is 2.86 bits per heavy atom. The van der Waals surface area contributed by atoms with Crippen LogP contribution in [0.4, 0.5) is 10.1 Å². The van der Waals surface area contributed by atoms with Gasteiger partial charge in [-0.05, 0) is 54.1 Å². The van der Waals surface area contributed by atoms with Gasteiger partial charge in [0.1, 0.15) is 11.6 Å². The zero-order valence-corrected chi connectivity index (χ0v) is 12.7. The van der Waals surface area contributed by atoms with Crippen molar-refractivity contribution in [3.8, 4) is 5.75 Å². The van der Waals surface area contributed by atoms with E-state index in [9.17, 15) is 4.39 Å². The molecule has 4 heteroatoms. The van der Waals surface area contributed by atoms with Gasteiger partial charge in [0, 0.05) is 10.4 Å². The predicted molar refractivity (Wildman–Crippen MR) is 86.8 cm³/mol. The molecule has 0 saturated carbocycles. The fraction of sp³-hybridized carbons (Fsp3) is 0.176. The Morgan fingerprint density at radius 1 is 1.19 bits per heavy atom. The Balaban J connectivity index is 1.90. The van der Waals surface area contributed by atoms with Crippen molar-refractivity contribution < 1.29 is 9.13 Å². The number of hydrogen-bond acceptors (Lipinski definition) is 3. The maximum Gasteiger partial charge on any atom is 0.132 e. The summed E-state index contributed by atoms with van der Waals surface area (Å²) in [6.45, 7) is 1.93. The summed E-state index contributed by atoms with van der Waals surface area (Å²) in [7, 11) is 1.56. The monoisotopic (exact) mass is 301 g/mol. The minimum absolute atomic E-state index is 0.183. The minimum atomic E-state index is -0.258. The maximum absolute atomic E-state index is 14.1. The van der Waals surface area contributed by atoms with Gasteiger partial charge in [-0.15, -0.1) is 11.3 Å². The van der Waals surface area contributed by atoms with Crippen LogP contribution in [-0.4, -0.2) is 7.11 Å². The summed E-state index contributed by atoms with van der Waals surface area (Å²) in [5.41, 5.74) is 1.52. The van der Waals surface area contributed by atoms with Gasteiger partial charge in [0.15, 0.2) is 0 Å². The molecule has 21 heavy (non-hydrogen) atoms. The van der Waals surface area contributed by atoms with Crippen LogP contribution in [0, 0.1) is 5.82 Å². The van der Waals surface area contributed by atoms with Crippen LogP contribution < -0.4 is 10.1 Å². The lowest BCUT2D eigenvalue weighted by Gasteiger charge is -2.19. The van der Waals surface area contributed by atoms with Gasteiger partial charge >= 0.3 is 0 Å². The molecule has 1 heterocycles. The molecule has 108 valence electrons. The van der Waals surface area contributed by atoms with Crippen LogP contribution in [-0.2, 0) is 0 Å². The number of thiophene rings is 1. The highest BCUT2D eigenvalue weighted by atomic mass is 32.1. The molecule has 3 rings (SSSR count). The van der Waals surface area contributed by atoms with Crippen LogP contribution in [0.1, 0.15) is 18.5 Å². The van der Waals surface area contributed by atoms with Gasteiger partial charge in [-0.25, -0.2) is 4.39 Å². The Hall–Kier alpha value is -2.07. The van der Waals surface area contributed by atoms with Gasteiger partial charge < -0.3 is 10.1 Å². The number of anilines is 1. The van der Waals surface area contributed by atoms with E-state index in [1.807, 2.05) is 13.0 Å². The topological polar surface area (TPSA) is 21.3 Å². The molecule has 0 aliphatic rings. The van der Waals surface area contributed by atoms with Crippen LogP contribution in [0.2, 0.25) is 0 Å². The summed E-state index contributed by atoms with van der Waals surface area (Å²) in [5.74, 6) is 0.303. The second kappa shape index (κ2) is 5.74. The van der Waals surface area contributed by atoms with E-state index in [0.29, 0.717) is 11.3 Å². The number of fused-ring (bicyclic) bond motifs is 1. The summed E-state index contributed by atoms with van der Waals surface area (Å²) >= 11 is 1.71. The van der Waals surface area contributed by atoms with E-state index in [1.165, 1.54) is 16.2 Å². The predicted octanol–water partition coefficient (Wildman–Crippen LogP) is 5.22. The van der Waals surface area contributed by atoms with E-state index >= 15 is 0 Å². The normalized spacial score (nSPS) is 12.3. The van der Waals surface area contributed by atoms with Crippen molar-refractivity contribution in [3.63, 3.8) is 0 Å². The van der Waals surface area contributed by atoms with E-state index < -0.39 is 0 Å². The Bertz CT molecular complexity index is 768. The highest BCUT2D eigenvalue weighted by molar-refractivity contribution is 7.17. The molecule has 0 spiro atoms. The largest absolute Gasteiger partial charge is 0.496 e. The molecule has 0 bridgehead atoms. The molecular weight excluding hydrogens is 285 g/mol. The molecule has 1 N–H and O–H groups in total. The van der Waals surface area contributed by atoms with Crippen molar-refractivity contribution in [1.82, 2.24) is 0 Å². The number of ether oxygens (including phenoxy) is 1. The highest BCUT2D eigenvalue weighted by Crippen LogP contribution is 2.31. The van der Waals surface area contributed by atoms with Crippen molar-refractivity contribution in [2.24, 2.45) is 0 Å². The number of halogens is 1. The van der Waals surface area contributed by atoms with E-state index in [-0.39, 0.29) is 11.9 Å². The summed E-state index contributed by atoms with van der Waals surface area (Å²) in [6.07, 6.45) is 0. The van der Waals surface area contributed by atoms with Crippen LogP contribution in [0.5, 0.6) is 5.75 Å². The van der Waals surface area contributed by atoms with E-state index in [0.717, 1.165) is 5.69 Å². The fourth-order valence-corrected chi connectivity index (χ4v) is 3.26. The molecule has 1 unspecified atom stereocenters. The molecule has 2 nitrogen and oxygen atoms in total. The Labute approximate surface area is 127 Å². The Kier molecular flexibility index (Phi) is 3.80. The third kappa shape index (κ3) is 2.72. The standard InChI is InChI=1S/C17H16FNOS/c1-11(17-14(18)4-3-5-15(17)20-2)19-13-6-7-16-12(10-13)8-9-21-16/h3-11,19H,1-2H3. The summed E-state index contributed by atoms with van der Waals surface area (Å²) in [6, 6.07) is 13.0. The van der Waals surface area contributed by atoms with E-state index in [2.05, 4.69) is 28.9 Å². The lowest BCUT2D eigenvalue weighted by molar-refractivity contribution is 0.402. The maximum atomic E-state index is 14.1. The average Bonchev–Trinajstić information content (AvgIpc) is 2.94. The van der Waals surface area contributed by atoms with Crippen LogP contribution >= 0.6 is 11.3 Å². The van der Waals surface area contributed by atoms with Crippen molar-refractivity contribution >= 4 is 27.1 Å². The molecular formula is C17H16FNOS. The molecule has 0 amide bonds. The first-order chi connectivity index (χ1) is 10.2. The number of hydrogen-bond donors (Lipinski definition) is 1. The molecule has 1 atom stereocenters. The Morgan fingerprint density at radius 2 is 2.05 bits per heavy atom. The van der Waals surface area contributed by atoms with Crippen molar-refractivity contribution in [2.45, 2.75) is 13.0 Å². The van der Waals surface area contributed by atoms with E-state index in [1.54, 1.807) is 30.6 Å². The molecule has 2 aromatic carbocycles. The van der Waals surface area contributed by atoms with Crippen molar-refractivity contribution in [3.05, 3.63) is 59.2 Å².